The maximum atomic E-state index is 13.2. The molecule has 0 bridgehead atoms. The van der Waals surface area contributed by atoms with Gasteiger partial charge in [0.25, 0.3) is 5.56 Å². The van der Waals surface area contributed by atoms with Crippen LogP contribution in [-0.2, 0) is 7.05 Å². The molecule has 4 heteroatoms. The predicted octanol–water partition coefficient (Wildman–Crippen LogP) is 1.93. The van der Waals surface area contributed by atoms with E-state index in [0.717, 1.165) is 5.52 Å². The molecule has 0 aliphatic heterocycles. The second kappa shape index (κ2) is 2.95. The molecule has 2 aromatic heterocycles. The first-order valence-electron chi connectivity index (χ1n) is 4.94. The number of hydrogen-bond donors (Lipinski definition) is 0. The lowest BCUT2D eigenvalue weighted by molar-refractivity contribution is 0.628. The Bertz CT molecular complexity index is 755. The number of nitrogens with zero attached hydrogens (tertiary/aromatic N) is 2. The molecule has 0 aliphatic carbocycles. The number of aromatic nitrogens is 2. The van der Waals surface area contributed by atoms with Crippen molar-refractivity contribution in [1.29, 1.82) is 0 Å². The third-order valence-electron chi connectivity index (χ3n) is 2.83. The van der Waals surface area contributed by atoms with Crippen molar-refractivity contribution >= 4 is 16.6 Å². The van der Waals surface area contributed by atoms with Gasteiger partial charge in [-0.1, -0.05) is 0 Å². The summed E-state index contributed by atoms with van der Waals surface area (Å²) >= 11 is 0. The molecule has 0 atom stereocenters. The quantitative estimate of drug-likeness (QED) is 0.564. The Morgan fingerprint density at radius 3 is 2.75 bits per heavy atom. The van der Waals surface area contributed by atoms with Gasteiger partial charge >= 0.3 is 0 Å². The Labute approximate surface area is 90.4 Å². The summed E-state index contributed by atoms with van der Waals surface area (Å²) in [5.74, 6) is -0.304. The molecule has 3 nitrogen and oxygen atoms in total. The van der Waals surface area contributed by atoms with Crippen LogP contribution < -0.4 is 5.56 Å². The summed E-state index contributed by atoms with van der Waals surface area (Å²) in [7, 11) is 1.69. The lowest BCUT2D eigenvalue weighted by Gasteiger charge is -2.07. The van der Waals surface area contributed by atoms with Gasteiger partial charge in [0, 0.05) is 13.2 Å². The number of rotatable bonds is 0. The van der Waals surface area contributed by atoms with Gasteiger partial charge in [-0.15, -0.1) is 0 Å². The first-order valence-corrected chi connectivity index (χ1v) is 4.94. The second-order valence-electron chi connectivity index (χ2n) is 3.76. The summed E-state index contributed by atoms with van der Waals surface area (Å²) in [6.45, 7) is 0. The fourth-order valence-corrected chi connectivity index (χ4v) is 2.02. The molecule has 2 heterocycles. The van der Waals surface area contributed by atoms with E-state index in [2.05, 4.69) is 0 Å². The van der Waals surface area contributed by atoms with Crippen molar-refractivity contribution in [2.75, 3.05) is 0 Å². The normalized spacial score (nSPS) is 11.4. The van der Waals surface area contributed by atoms with Crippen LogP contribution in [-0.4, -0.2) is 8.97 Å². The third-order valence-corrected chi connectivity index (χ3v) is 2.83. The van der Waals surface area contributed by atoms with Crippen molar-refractivity contribution in [3.63, 3.8) is 0 Å². The molecule has 16 heavy (non-hydrogen) atoms. The van der Waals surface area contributed by atoms with Gasteiger partial charge in [-0.25, -0.2) is 4.39 Å². The molecule has 0 aliphatic rings. The van der Waals surface area contributed by atoms with Crippen molar-refractivity contribution < 1.29 is 4.39 Å². The topological polar surface area (TPSA) is 26.4 Å². The van der Waals surface area contributed by atoms with Crippen LogP contribution in [0.3, 0.4) is 0 Å². The number of hydrogen-bond acceptors (Lipinski definition) is 1. The van der Waals surface area contributed by atoms with Gasteiger partial charge in [-0.2, -0.15) is 0 Å². The molecule has 0 N–H and O–H groups in total. The summed E-state index contributed by atoms with van der Waals surface area (Å²) in [6.07, 6.45) is 1.76. The van der Waals surface area contributed by atoms with E-state index in [1.54, 1.807) is 35.8 Å². The van der Waals surface area contributed by atoms with E-state index < -0.39 is 0 Å². The highest BCUT2D eigenvalue weighted by atomic mass is 19.1. The first kappa shape index (κ1) is 9.15. The zero-order valence-corrected chi connectivity index (χ0v) is 8.64. The smallest absolute Gasteiger partial charge is 0.275 e. The minimum absolute atomic E-state index is 0.0795. The van der Waals surface area contributed by atoms with Crippen LogP contribution in [0.5, 0.6) is 0 Å². The molecular weight excluding hydrogens is 207 g/mol. The van der Waals surface area contributed by atoms with Gasteiger partial charge in [0.05, 0.1) is 11.0 Å². The molecule has 0 fully saturated rings. The number of aryl methyl sites for hydroxylation is 1. The Balaban J connectivity index is 2.72. The van der Waals surface area contributed by atoms with E-state index in [1.807, 2.05) is 0 Å². The van der Waals surface area contributed by atoms with E-state index >= 15 is 0 Å². The van der Waals surface area contributed by atoms with Crippen LogP contribution in [0.15, 0.2) is 41.3 Å². The molecule has 0 saturated carbocycles. The first-order chi connectivity index (χ1) is 7.68. The molecular formula is C12H9FN2O. The molecule has 3 rings (SSSR count). The number of fused-ring (bicyclic) bond motifs is 3. The molecule has 0 radical (unpaired) electrons. The van der Waals surface area contributed by atoms with Crippen LogP contribution in [0, 0.1) is 5.82 Å². The van der Waals surface area contributed by atoms with E-state index in [0.29, 0.717) is 11.0 Å². The standard InChI is InChI=1S/C12H9FN2O/c1-14-9-5-4-8(13)7-11(9)15-6-2-3-10(15)12(14)16/h2-7H,1H3. The van der Waals surface area contributed by atoms with Gasteiger partial charge < -0.3 is 8.97 Å². The molecule has 0 spiro atoms. The van der Waals surface area contributed by atoms with Crippen molar-refractivity contribution in [3.05, 3.63) is 52.7 Å². The molecule has 3 aromatic rings. The molecule has 0 unspecified atom stereocenters. The summed E-state index contributed by atoms with van der Waals surface area (Å²) in [5.41, 5.74) is 1.89. The summed E-state index contributed by atoms with van der Waals surface area (Å²) in [6, 6.07) is 7.91. The highest BCUT2D eigenvalue weighted by molar-refractivity contribution is 5.79. The van der Waals surface area contributed by atoms with E-state index in [-0.39, 0.29) is 11.4 Å². The van der Waals surface area contributed by atoms with Gasteiger partial charge in [0.2, 0.25) is 0 Å². The van der Waals surface area contributed by atoms with E-state index in [1.165, 1.54) is 16.7 Å². The highest BCUT2D eigenvalue weighted by Gasteiger charge is 2.07. The lowest BCUT2D eigenvalue weighted by atomic mass is 10.3. The Morgan fingerprint density at radius 2 is 1.94 bits per heavy atom. The van der Waals surface area contributed by atoms with Gasteiger partial charge in [0.1, 0.15) is 11.3 Å². The molecule has 1 aromatic carbocycles. The largest absolute Gasteiger partial charge is 0.310 e. The van der Waals surface area contributed by atoms with Crippen LogP contribution >= 0.6 is 0 Å². The lowest BCUT2D eigenvalue weighted by Crippen LogP contribution is -2.19. The summed E-state index contributed by atoms with van der Waals surface area (Å²) in [4.78, 5) is 11.9. The zero-order chi connectivity index (χ0) is 11.3. The highest BCUT2D eigenvalue weighted by Crippen LogP contribution is 2.15. The number of halogens is 1. The maximum Gasteiger partial charge on any atom is 0.275 e. The Morgan fingerprint density at radius 1 is 1.12 bits per heavy atom. The zero-order valence-electron chi connectivity index (χ0n) is 8.64. The second-order valence-corrected chi connectivity index (χ2v) is 3.76. The fraction of sp³-hybridized carbons (Fsp3) is 0.0833. The van der Waals surface area contributed by atoms with Crippen molar-refractivity contribution in [3.8, 4) is 0 Å². The van der Waals surface area contributed by atoms with E-state index in [4.69, 9.17) is 0 Å². The number of benzene rings is 1. The van der Waals surface area contributed by atoms with E-state index in [9.17, 15) is 9.18 Å². The molecule has 0 saturated heterocycles. The van der Waals surface area contributed by atoms with Gasteiger partial charge in [-0.05, 0) is 30.3 Å². The monoisotopic (exact) mass is 216 g/mol. The average Bonchev–Trinajstić information content (AvgIpc) is 2.75. The van der Waals surface area contributed by atoms with Gasteiger partial charge in [-0.3, -0.25) is 4.79 Å². The van der Waals surface area contributed by atoms with Crippen LogP contribution in [0.25, 0.3) is 16.6 Å². The van der Waals surface area contributed by atoms with Crippen LogP contribution in [0.1, 0.15) is 0 Å². The summed E-state index contributed by atoms with van der Waals surface area (Å²) < 4.78 is 16.4. The molecule has 80 valence electrons. The predicted molar refractivity (Wildman–Crippen MR) is 60.1 cm³/mol. The van der Waals surface area contributed by atoms with Gasteiger partial charge in [0.15, 0.2) is 0 Å². The maximum absolute atomic E-state index is 13.2. The van der Waals surface area contributed by atoms with Crippen LogP contribution in [0.2, 0.25) is 0 Å². The Hall–Kier alpha value is -2.10. The SMILES string of the molecule is Cn1c(=O)c2cccn2c2cc(F)ccc21. The molecule has 0 amide bonds. The van der Waals surface area contributed by atoms with Crippen LogP contribution in [0.4, 0.5) is 4.39 Å². The van der Waals surface area contributed by atoms with Crippen molar-refractivity contribution in [2.24, 2.45) is 7.05 Å². The Kier molecular flexibility index (Phi) is 1.68. The van der Waals surface area contributed by atoms with Crippen molar-refractivity contribution in [1.82, 2.24) is 8.97 Å². The van der Waals surface area contributed by atoms with Crippen molar-refractivity contribution in [2.45, 2.75) is 0 Å². The third kappa shape index (κ3) is 1.04. The minimum atomic E-state index is -0.304. The average molecular weight is 216 g/mol. The fourth-order valence-electron chi connectivity index (χ4n) is 2.02. The minimum Gasteiger partial charge on any atom is -0.310 e. The summed E-state index contributed by atoms with van der Waals surface area (Å²) in [5, 5.41) is 0.